The van der Waals surface area contributed by atoms with Crippen molar-refractivity contribution in [2.24, 2.45) is 11.8 Å². The van der Waals surface area contributed by atoms with E-state index in [1.165, 1.54) is 29.7 Å². The Balaban J connectivity index is 1.90. The lowest BCUT2D eigenvalue weighted by Crippen LogP contribution is -2.49. The molecule has 0 saturated carbocycles. The standard InChI is InChI=1S/C16H20N2O/c1-9-7-10-8-13-12(4-5-14(19)18-13)15(9)16-11(10)3-2-6-17-16/h4-5,7,10-11,15-17H,2-3,6,8H2,1H3,(H,18,19)/t10-,11-,15+,16-/m0/s1. The maximum Gasteiger partial charge on any atom is 0.248 e. The maximum atomic E-state index is 11.6. The predicted octanol–water partition coefficient (Wildman–Crippen LogP) is 1.96. The molecule has 1 aromatic rings. The van der Waals surface area contributed by atoms with Crippen molar-refractivity contribution < 1.29 is 0 Å². The molecule has 1 fully saturated rings. The summed E-state index contributed by atoms with van der Waals surface area (Å²) in [5.41, 5.74) is 4.03. The third-order valence-electron chi connectivity index (χ3n) is 5.24. The van der Waals surface area contributed by atoms with E-state index >= 15 is 0 Å². The van der Waals surface area contributed by atoms with Crippen LogP contribution in [0, 0.1) is 11.8 Å². The highest BCUT2D eigenvalue weighted by Gasteiger charge is 2.44. The Kier molecular flexibility index (Phi) is 2.46. The number of pyridine rings is 1. The molecule has 5 rings (SSSR count). The van der Waals surface area contributed by atoms with Crippen LogP contribution >= 0.6 is 0 Å². The van der Waals surface area contributed by atoms with Gasteiger partial charge in [-0.15, -0.1) is 0 Å². The number of hydrogen-bond acceptors (Lipinski definition) is 2. The predicted molar refractivity (Wildman–Crippen MR) is 75.3 cm³/mol. The van der Waals surface area contributed by atoms with Crippen molar-refractivity contribution in [2.45, 2.75) is 38.1 Å². The smallest absolute Gasteiger partial charge is 0.248 e. The Morgan fingerprint density at radius 1 is 1.32 bits per heavy atom. The zero-order chi connectivity index (χ0) is 13.0. The number of piperidine rings is 1. The second-order valence-corrected chi connectivity index (χ2v) is 6.30. The molecule has 1 aromatic heterocycles. The van der Waals surface area contributed by atoms with Crippen LogP contribution in [-0.4, -0.2) is 17.6 Å². The monoisotopic (exact) mass is 256 g/mol. The molecule has 2 heterocycles. The van der Waals surface area contributed by atoms with Gasteiger partial charge >= 0.3 is 0 Å². The summed E-state index contributed by atoms with van der Waals surface area (Å²) in [5, 5.41) is 3.75. The highest BCUT2D eigenvalue weighted by Crippen LogP contribution is 2.47. The summed E-state index contributed by atoms with van der Waals surface area (Å²) in [4.78, 5) is 14.7. The average Bonchev–Trinajstić information content (AvgIpc) is 2.62. The number of nitrogens with one attached hydrogen (secondary N) is 2. The Bertz CT molecular complexity index is 601. The van der Waals surface area contributed by atoms with Crippen LogP contribution in [0.2, 0.25) is 0 Å². The third-order valence-corrected chi connectivity index (χ3v) is 5.24. The number of aromatic nitrogens is 1. The molecule has 0 spiro atoms. The molecule has 4 atom stereocenters. The molecule has 100 valence electrons. The quantitative estimate of drug-likeness (QED) is 0.697. The summed E-state index contributed by atoms with van der Waals surface area (Å²) in [6, 6.07) is 4.30. The van der Waals surface area contributed by atoms with Gasteiger partial charge in [-0.05, 0) is 50.1 Å². The third kappa shape index (κ3) is 1.64. The van der Waals surface area contributed by atoms with Gasteiger partial charge in [0, 0.05) is 23.7 Å². The van der Waals surface area contributed by atoms with Gasteiger partial charge in [-0.3, -0.25) is 4.79 Å². The van der Waals surface area contributed by atoms with Crippen LogP contribution in [0.1, 0.15) is 36.9 Å². The number of rotatable bonds is 0. The molecule has 1 aliphatic heterocycles. The molecule has 19 heavy (non-hydrogen) atoms. The summed E-state index contributed by atoms with van der Waals surface area (Å²) >= 11 is 0. The van der Waals surface area contributed by atoms with E-state index in [0.29, 0.717) is 17.9 Å². The van der Waals surface area contributed by atoms with E-state index in [1.807, 2.05) is 0 Å². The van der Waals surface area contributed by atoms with Crippen molar-refractivity contribution in [2.75, 3.05) is 6.54 Å². The number of hydrogen-bond donors (Lipinski definition) is 2. The number of aromatic amines is 1. The van der Waals surface area contributed by atoms with E-state index in [1.54, 1.807) is 6.07 Å². The summed E-state index contributed by atoms with van der Waals surface area (Å²) in [7, 11) is 0. The lowest BCUT2D eigenvalue weighted by Gasteiger charge is -2.43. The SMILES string of the molecule is CC1=C[C@H]2Cc3[nH]c(=O)ccc3[C@@H]1[C@H]1NCCC[C@H]12. The normalized spacial score (nSPS) is 36.2. The minimum Gasteiger partial charge on any atom is -0.326 e. The van der Waals surface area contributed by atoms with Gasteiger partial charge in [-0.2, -0.15) is 0 Å². The van der Waals surface area contributed by atoms with Crippen LogP contribution in [0.15, 0.2) is 28.6 Å². The zero-order valence-electron chi connectivity index (χ0n) is 11.3. The van der Waals surface area contributed by atoms with Crippen LogP contribution in [0.5, 0.6) is 0 Å². The van der Waals surface area contributed by atoms with Crippen LogP contribution in [-0.2, 0) is 6.42 Å². The van der Waals surface area contributed by atoms with Gasteiger partial charge in [-0.25, -0.2) is 0 Å². The lowest BCUT2D eigenvalue weighted by molar-refractivity contribution is 0.200. The molecule has 0 unspecified atom stereocenters. The van der Waals surface area contributed by atoms with Gasteiger partial charge in [0.25, 0.3) is 0 Å². The van der Waals surface area contributed by atoms with Crippen LogP contribution in [0.25, 0.3) is 0 Å². The fraction of sp³-hybridized carbons (Fsp3) is 0.562. The second-order valence-electron chi connectivity index (χ2n) is 6.30. The van der Waals surface area contributed by atoms with Crippen molar-refractivity contribution in [3.8, 4) is 0 Å². The van der Waals surface area contributed by atoms with Crippen molar-refractivity contribution in [3.05, 3.63) is 45.4 Å². The minimum absolute atomic E-state index is 0.0358. The molecule has 3 heteroatoms. The first-order valence-electron chi connectivity index (χ1n) is 7.38. The molecule has 0 amide bonds. The van der Waals surface area contributed by atoms with Crippen LogP contribution in [0.3, 0.4) is 0 Å². The van der Waals surface area contributed by atoms with Crippen LogP contribution < -0.4 is 10.9 Å². The van der Waals surface area contributed by atoms with Crippen molar-refractivity contribution in [1.82, 2.24) is 10.3 Å². The Labute approximate surface area is 113 Å². The summed E-state index contributed by atoms with van der Waals surface area (Å²) in [5.74, 6) is 1.78. The zero-order valence-corrected chi connectivity index (χ0v) is 11.3. The largest absolute Gasteiger partial charge is 0.326 e. The van der Waals surface area contributed by atoms with Gasteiger partial charge in [0.2, 0.25) is 5.56 Å². The number of H-pyrrole nitrogens is 1. The lowest BCUT2D eigenvalue weighted by atomic mass is 9.68. The summed E-state index contributed by atoms with van der Waals surface area (Å²) in [6.45, 7) is 3.39. The van der Waals surface area contributed by atoms with E-state index < -0.39 is 0 Å². The topological polar surface area (TPSA) is 44.9 Å². The molecule has 0 radical (unpaired) electrons. The second kappa shape index (κ2) is 4.07. The van der Waals surface area contributed by atoms with Crippen LogP contribution in [0.4, 0.5) is 0 Å². The van der Waals surface area contributed by atoms with Gasteiger partial charge < -0.3 is 10.3 Å². The van der Waals surface area contributed by atoms with E-state index in [4.69, 9.17) is 0 Å². The van der Waals surface area contributed by atoms with E-state index in [2.05, 4.69) is 29.4 Å². The molecule has 0 aromatic carbocycles. The first-order valence-corrected chi connectivity index (χ1v) is 7.38. The molecule has 2 N–H and O–H groups in total. The molecule has 2 bridgehead atoms. The minimum atomic E-state index is 0.0358. The van der Waals surface area contributed by atoms with Crippen molar-refractivity contribution in [3.63, 3.8) is 0 Å². The fourth-order valence-corrected chi connectivity index (χ4v) is 4.50. The van der Waals surface area contributed by atoms with Crippen molar-refractivity contribution in [1.29, 1.82) is 0 Å². The van der Waals surface area contributed by atoms with E-state index in [-0.39, 0.29) is 5.56 Å². The molecule has 1 saturated heterocycles. The summed E-state index contributed by atoms with van der Waals surface area (Å²) < 4.78 is 0. The van der Waals surface area contributed by atoms with Crippen molar-refractivity contribution >= 4 is 0 Å². The molecule has 3 aliphatic carbocycles. The molecular weight excluding hydrogens is 236 g/mol. The summed E-state index contributed by atoms with van der Waals surface area (Å²) in [6.07, 6.45) is 6.07. The fourth-order valence-electron chi connectivity index (χ4n) is 4.50. The maximum absolute atomic E-state index is 11.6. The van der Waals surface area contributed by atoms with Gasteiger partial charge in [-0.1, -0.05) is 17.7 Å². The number of allylic oxidation sites excluding steroid dienone is 1. The Hall–Kier alpha value is -1.35. The Morgan fingerprint density at radius 2 is 2.21 bits per heavy atom. The van der Waals surface area contributed by atoms with Gasteiger partial charge in [0.1, 0.15) is 0 Å². The highest BCUT2D eigenvalue weighted by molar-refractivity contribution is 5.40. The van der Waals surface area contributed by atoms with E-state index in [0.717, 1.165) is 18.9 Å². The first-order chi connectivity index (χ1) is 9.24. The van der Waals surface area contributed by atoms with E-state index in [9.17, 15) is 4.79 Å². The molecule has 3 nitrogen and oxygen atoms in total. The highest BCUT2D eigenvalue weighted by atomic mass is 16.1. The molecule has 4 aliphatic rings. The molecular formula is C16H20N2O. The van der Waals surface area contributed by atoms with Gasteiger partial charge in [0.05, 0.1) is 0 Å². The Morgan fingerprint density at radius 3 is 3.11 bits per heavy atom. The van der Waals surface area contributed by atoms with Gasteiger partial charge in [0.15, 0.2) is 0 Å². The first kappa shape index (κ1) is 11.5. The average molecular weight is 256 g/mol.